The molecule has 0 aliphatic heterocycles. The van der Waals surface area contributed by atoms with Gasteiger partial charge in [-0.1, -0.05) is 26.0 Å². The molecule has 0 amide bonds. The van der Waals surface area contributed by atoms with Crippen LogP contribution in [-0.4, -0.2) is 15.0 Å². The number of nitrogen functional groups attached to an aromatic ring is 1. The Bertz CT molecular complexity index is 236. The Hall–Kier alpha value is -1.06. The Morgan fingerprint density at radius 1 is 1.36 bits per heavy atom. The van der Waals surface area contributed by atoms with E-state index in [0.717, 1.165) is 5.69 Å². The van der Waals surface area contributed by atoms with Gasteiger partial charge in [0.2, 0.25) is 0 Å². The van der Waals surface area contributed by atoms with Crippen LogP contribution in [0.3, 0.4) is 0 Å². The molecule has 0 radical (unpaired) electrons. The van der Waals surface area contributed by atoms with Crippen LogP contribution in [0, 0.1) is 0 Å². The zero-order valence-corrected chi connectivity index (χ0v) is 7.42. The molecule has 1 aromatic heterocycles. The van der Waals surface area contributed by atoms with Crippen molar-refractivity contribution in [2.45, 2.75) is 26.2 Å². The van der Waals surface area contributed by atoms with E-state index in [0.29, 0.717) is 5.82 Å². The standard InChI is InChI=1S/C7H14N4/c1-7(2,3)5-6(8)9-10-11(5)4/h8H2,1-4H3. The van der Waals surface area contributed by atoms with Gasteiger partial charge in [-0.2, -0.15) is 0 Å². The van der Waals surface area contributed by atoms with Crippen molar-refractivity contribution in [2.24, 2.45) is 7.05 Å². The van der Waals surface area contributed by atoms with Gasteiger partial charge in [0.05, 0.1) is 5.69 Å². The van der Waals surface area contributed by atoms with Crippen LogP contribution in [0.1, 0.15) is 26.5 Å². The lowest BCUT2D eigenvalue weighted by molar-refractivity contribution is 0.522. The van der Waals surface area contributed by atoms with E-state index < -0.39 is 0 Å². The Kier molecular flexibility index (Phi) is 1.62. The minimum atomic E-state index is 0.0162. The van der Waals surface area contributed by atoms with Crippen molar-refractivity contribution in [3.63, 3.8) is 0 Å². The topological polar surface area (TPSA) is 56.7 Å². The number of aryl methyl sites for hydroxylation is 1. The molecule has 0 fully saturated rings. The molecule has 1 rings (SSSR count). The first kappa shape index (κ1) is 8.04. The summed E-state index contributed by atoms with van der Waals surface area (Å²) in [5.41, 5.74) is 6.63. The quantitative estimate of drug-likeness (QED) is 0.598. The summed E-state index contributed by atoms with van der Waals surface area (Å²) in [5, 5.41) is 7.60. The molecular weight excluding hydrogens is 140 g/mol. The number of nitrogens with zero attached hydrogens (tertiary/aromatic N) is 3. The average Bonchev–Trinajstić information content (AvgIpc) is 2.08. The number of nitrogens with two attached hydrogens (primary N) is 1. The van der Waals surface area contributed by atoms with Crippen molar-refractivity contribution < 1.29 is 0 Å². The molecule has 4 heteroatoms. The van der Waals surface area contributed by atoms with E-state index in [4.69, 9.17) is 5.73 Å². The summed E-state index contributed by atoms with van der Waals surface area (Å²) in [6, 6.07) is 0. The highest BCUT2D eigenvalue weighted by molar-refractivity contribution is 5.37. The van der Waals surface area contributed by atoms with Gasteiger partial charge in [-0.15, -0.1) is 5.10 Å². The lowest BCUT2D eigenvalue weighted by atomic mass is 9.92. The first-order valence-electron chi connectivity index (χ1n) is 3.58. The van der Waals surface area contributed by atoms with Gasteiger partial charge in [-0.3, -0.25) is 0 Å². The minimum absolute atomic E-state index is 0.0162. The molecule has 0 aromatic carbocycles. The molecule has 0 unspecified atom stereocenters. The van der Waals surface area contributed by atoms with Crippen LogP contribution in [0.25, 0.3) is 0 Å². The lowest BCUT2D eigenvalue weighted by Crippen LogP contribution is -2.18. The molecule has 1 aromatic rings. The second-order valence-corrected chi connectivity index (χ2v) is 3.70. The molecule has 11 heavy (non-hydrogen) atoms. The molecule has 0 saturated carbocycles. The van der Waals surface area contributed by atoms with E-state index in [-0.39, 0.29) is 5.41 Å². The third kappa shape index (κ3) is 1.34. The smallest absolute Gasteiger partial charge is 0.169 e. The maximum Gasteiger partial charge on any atom is 0.169 e. The van der Waals surface area contributed by atoms with Crippen LogP contribution >= 0.6 is 0 Å². The molecule has 4 nitrogen and oxygen atoms in total. The summed E-state index contributed by atoms with van der Waals surface area (Å²) in [5.74, 6) is 0.528. The van der Waals surface area contributed by atoms with Crippen molar-refractivity contribution in [1.82, 2.24) is 15.0 Å². The second-order valence-electron chi connectivity index (χ2n) is 3.70. The third-order valence-corrected chi connectivity index (χ3v) is 1.56. The lowest BCUT2D eigenvalue weighted by Gasteiger charge is -2.17. The highest BCUT2D eigenvalue weighted by Gasteiger charge is 2.21. The Morgan fingerprint density at radius 2 is 1.91 bits per heavy atom. The highest BCUT2D eigenvalue weighted by Crippen LogP contribution is 2.24. The Balaban J connectivity index is 3.21. The monoisotopic (exact) mass is 154 g/mol. The maximum atomic E-state index is 5.63. The predicted octanol–water partition coefficient (Wildman–Crippen LogP) is 0.695. The summed E-state index contributed by atoms with van der Waals surface area (Å²) < 4.78 is 1.72. The molecule has 0 saturated heterocycles. The first-order valence-corrected chi connectivity index (χ1v) is 3.58. The van der Waals surface area contributed by atoms with E-state index in [2.05, 4.69) is 31.1 Å². The van der Waals surface area contributed by atoms with Crippen LogP contribution in [0.4, 0.5) is 5.82 Å². The zero-order chi connectivity index (χ0) is 8.65. The summed E-state index contributed by atoms with van der Waals surface area (Å²) in [6.07, 6.45) is 0. The maximum absolute atomic E-state index is 5.63. The van der Waals surface area contributed by atoms with E-state index in [1.165, 1.54) is 0 Å². The molecule has 1 heterocycles. The average molecular weight is 154 g/mol. The van der Waals surface area contributed by atoms with Crippen LogP contribution in [0.2, 0.25) is 0 Å². The van der Waals surface area contributed by atoms with Crippen LogP contribution in [-0.2, 0) is 12.5 Å². The number of rotatable bonds is 0. The highest BCUT2D eigenvalue weighted by atomic mass is 15.4. The molecule has 2 N–H and O–H groups in total. The summed E-state index contributed by atoms with van der Waals surface area (Å²) in [4.78, 5) is 0. The predicted molar refractivity (Wildman–Crippen MR) is 44.1 cm³/mol. The Morgan fingerprint density at radius 3 is 2.09 bits per heavy atom. The van der Waals surface area contributed by atoms with Crippen molar-refractivity contribution in [2.75, 3.05) is 5.73 Å². The molecular formula is C7H14N4. The van der Waals surface area contributed by atoms with Crippen molar-refractivity contribution in [1.29, 1.82) is 0 Å². The zero-order valence-electron chi connectivity index (χ0n) is 7.42. The number of anilines is 1. The minimum Gasteiger partial charge on any atom is -0.381 e. The fourth-order valence-electron chi connectivity index (χ4n) is 1.24. The van der Waals surface area contributed by atoms with Gasteiger partial charge in [0.25, 0.3) is 0 Å². The van der Waals surface area contributed by atoms with E-state index in [9.17, 15) is 0 Å². The van der Waals surface area contributed by atoms with E-state index >= 15 is 0 Å². The van der Waals surface area contributed by atoms with Crippen LogP contribution in [0.5, 0.6) is 0 Å². The number of aromatic nitrogens is 3. The molecule has 0 aliphatic carbocycles. The van der Waals surface area contributed by atoms with E-state index in [1.807, 2.05) is 7.05 Å². The number of hydrogen-bond donors (Lipinski definition) is 1. The van der Waals surface area contributed by atoms with Crippen LogP contribution < -0.4 is 5.73 Å². The van der Waals surface area contributed by atoms with Crippen LogP contribution in [0.15, 0.2) is 0 Å². The fourth-order valence-corrected chi connectivity index (χ4v) is 1.24. The third-order valence-electron chi connectivity index (χ3n) is 1.56. The normalized spacial score (nSPS) is 12.0. The van der Waals surface area contributed by atoms with Crippen molar-refractivity contribution in [3.8, 4) is 0 Å². The van der Waals surface area contributed by atoms with Gasteiger partial charge in [0.15, 0.2) is 5.82 Å². The molecule has 62 valence electrons. The summed E-state index contributed by atoms with van der Waals surface area (Å²) >= 11 is 0. The Labute approximate surface area is 66.4 Å². The van der Waals surface area contributed by atoms with Gasteiger partial charge in [-0.25, -0.2) is 4.68 Å². The summed E-state index contributed by atoms with van der Waals surface area (Å²) in [6.45, 7) is 6.26. The van der Waals surface area contributed by atoms with Gasteiger partial charge < -0.3 is 5.73 Å². The largest absolute Gasteiger partial charge is 0.381 e. The van der Waals surface area contributed by atoms with E-state index in [1.54, 1.807) is 4.68 Å². The second kappa shape index (κ2) is 2.22. The molecule has 0 aliphatic rings. The van der Waals surface area contributed by atoms with Crippen molar-refractivity contribution in [3.05, 3.63) is 5.69 Å². The van der Waals surface area contributed by atoms with Gasteiger partial charge in [0, 0.05) is 12.5 Å². The fraction of sp³-hybridized carbons (Fsp3) is 0.714. The van der Waals surface area contributed by atoms with Crippen molar-refractivity contribution >= 4 is 5.82 Å². The first-order chi connectivity index (χ1) is 4.93. The van der Waals surface area contributed by atoms with Gasteiger partial charge in [-0.05, 0) is 0 Å². The van der Waals surface area contributed by atoms with Gasteiger partial charge >= 0.3 is 0 Å². The molecule has 0 bridgehead atoms. The van der Waals surface area contributed by atoms with Gasteiger partial charge in [0.1, 0.15) is 0 Å². The number of hydrogen-bond acceptors (Lipinski definition) is 3. The summed E-state index contributed by atoms with van der Waals surface area (Å²) in [7, 11) is 1.85. The molecule has 0 spiro atoms. The molecule has 0 atom stereocenters. The SMILES string of the molecule is Cn1nnc(N)c1C(C)(C)C.